The van der Waals surface area contributed by atoms with Gasteiger partial charge >= 0.3 is 5.97 Å². The first-order valence-corrected chi connectivity index (χ1v) is 9.48. The molecule has 0 unspecified atom stereocenters. The van der Waals surface area contributed by atoms with Crippen molar-refractivity contribution in [1.82, 2.24) is 19.9 Å². The summed E-state index contributed by atoms with van der Waals surface area (Å²) in [5, 5.41) is 29.2. The average molecular weight is 408 g/mol. The van der Waals surface area contributed by atoms with Crippen LogP contribution in [0.2, 0.25) is 0 Å². The van der Waals surface area contributed by atoms with E-state index in [1.807, 2.05) is 23.1 Å². The Balaban J connectivity index is 1.55. The molecule has 0 amide bonds. The van der Waals surface area contributed by atoms with E-state index in [9.17, 15) is 20.0 Å². The van der Waals surface area contributed by atoms with Gasteiger partial charge in [0.2, 0.25) is 5.69 Å². The lowest BCUT2D eigenvalue weighted by Gasteiger charge is -2.34. The van der Waals surface area contributed by atoms with Gasteiger partial charge in [-0.2, -0.15) is 0 Å². The van der Waals surface area contributed by atoms with Crippen LogP contribution in [0.3, 0.4) is 0 Å². The predicted molar refractivity (Wildman–Crippen MR) is 109 cm³/mol. The van der Waals surface area contributed by atoms with Crippen LogP contribution in [0.4, 0.5) is 11.5 Å². The number of hydrogen-bond donors (Lipinski definition) is 1. The summed E-state index contributed by atoms with van der Waals surface area (Å²) in [6, 6.07) is 16.1. The van der Waals surface area contributed by atoms with E-state index in [2.05, 4.69) is 27.2 Å². The van der Waals surface area contributed by atoms with Gasteiger partial charge in [0, 0.05) is 38.8 Å². The minimum Gasteiger partial charge on any atom is -0.476 e. The molecular weight excluding hydrogens is 388 g/mol. The number of carboxylic acids is 1. The number of nitrogens with zero attached hydrogens (tertiary/aromatic N) is 6. The highest BCUT2D eigenvalue weighted by atomic mass is 16.6. The predicted octanol–water partition coefficient (Wildman–Crippen LogP) is 2.20. The van der Waals surface area contributed by atoms with Gasteiger partial charge < -0.3 is 10.0 Å². The van der Waals surface area contributed by atoms with Crippen LogP contribution < -0.4 is 4.90 Å². The molecule has 154 valence electrons. The number of nitro benzene ring substituents is 1. The van der Waals surface area contributed by atoms with E-state index in [4.69, 9.17) is 0 Å². The average Bonchev–Trinajstić information content (AvgIpc) is 3.21. The third-order valence-electron chi connectivity index (χ3n) is 5.01. The van der Waals surface area contributed by atoms with Crippen LogP contribution in [-0.2, 0) is 6.54 Å². The highest BCUT2D eigenvalue weighted by Crippen LogP contribution is 2.25. The summed E-state index contributed by atoms with van der Waals surface area (Å²) in [5.74, 6) is -0.999. The van der Waals surface area contributed by atoms with Gasteiger partial charge in [-0.05, 0) is 11.6 Å². The zero-order valence-corrected chi connectivity index (χ0v) is 16.1. The smallest absolute Gasteiger partial charge is 0.360 e. The number of anilines is 1. The van der Waals surface area contributed by atoms with Crippen molar-refractivity contribution in [3.63, 3.8) is 0 Å². The van der Waals surface area contributed by atoms with E-state index in [-0.39, 0.29) is 22.9 Å². The van der Waals surface area contributed by atoms with Crippen LogP contribution in [0.5, 0.6) is 0 Å². The van der Waals surface area contributed by atoms with Gasteiger partial charge in [0.25, 0.3) is 5.69 Å². The third-order valence-corrected chi connectivity index (χ3v) is 5.01. The second kappa shape index (κ2) is 8.29. The van der Waals surface area contributed by atoms with E-state index in [1.165, 1.54) is 23.8 Å². The van der Waals surface area contributed by atoms with Gasteiger partial charge in [-0.15, -0.1) is 15.0 Å². The largest absolute Gasteiger partial charge is 0.476 e. The van der Waals surface area contributed by atoms with Gasteiger partial charge in [0.15, 0.2) is 11.5 Å². The number of nitro groups is 1. The summed E-state index contributed by atoms with van der Waals surface area (Å²) in [7, 11) is 0. The van der Waals surface area contributed by atoms with Crippen molar-refractivity contribution in [2.45, 2.75) is 6.54 Å². The number of rotatable bonds is 6. The van der Waals surface area contributed by atoms with Crippen LogP contribution >= 0.6 is 0 Å². The third kappa shape index (κ3) is 3.98. The Kier molecular flexibility index (Phi) is 5.40. The topological polar surface area (TPSA) is 118 Å². The molecule has 0 aliphatic carbocycles. The maximum atomic E-state index is 11.7. The fraction of sp³-hybridized carbons (Fsp3) is 0.250. The van der Waals surface area contributed by atoms with Crippen LogP contribution in [0, 0.1) is 10.1 Å². The summed E-state index contributed by atoms with van der Waals surface area (Å²) in [6.07, 6.45) is 0. The molecule has 1 aliphatic rings. The van der Waals surface area contributed by atoms with Crippen molar-refractivity contribution in [1.29, 1.82) is 0 Å². The van der Waals surface area contributed by atoms with E-state index in [1.54, 1.807) is 6.07 Å². The molecule has 10 heteroatoms. The van der Waals surface area contributed by atoms with E-state index in [0.717, 1.165) is 24.4 Å². The Hall–Kier alpha value is -3.79. The Morgan fingerprint density at radius 3 is 2.33 bits per heavy atom. The fourth-order valence-corrected chi connectivity index (χ4v) is 3.51. The molecule has 2 aromatic carbocycles. The molecule has 0 saturated carbocycles. The summed E-state index contributed by atoms with van der Waals surface area (Å²) in [5.41, 5.74) is 0.937. The Labute approximate surface area is 172 Å². The molecule has 0 bridgehead atoms. The molecule has 1 saturated heterocycles. The monoisotopic (exact) mass is 408 g/mol. The molecule has 0 atom stereocenters. The lowest BCUT2D eigenvalue weighted by atomic mass is 10.2. The number of carboxylic acid groups (broad SMARTS) is 1. The zero-order chi connectivity index (χ0) is 21.1. The number of piperazine rings is 1. The van der Waals surface area contributed by atoms with Crippen LogP contribution in [-0.4, -0.2) is 62.1 Å². The zero-order valence-electron chi connectivity index (χ0n) is 16.1. The molecule has 4 rings (SSSR count). The van der Waals surface area contributed by atoms with E-state index in [0.29, 0.717) is 13.1 Å². The molecule has 0 radical (unpaired) electrons. The second-order valence-electron chi connectivity index (χ2n) is 6.96. The van der Waals surface area contributed by atoms with Crippen molar-refractivity contribution in [2.24, 2.45) is 0 Å². The molecule has 1 aromatic heterocycles. The molecule has 10 nitrogen and oxygen atoms in total. The maximum absolute atomic E-state index is 11.7. The van der Waals surface area contributed by atoms with Crippen LogP contribution in [0.15, 0.2) is 54.6 Å². The standard InChI is InChI=1S/C20H20N6O4/c27-20(28)18-19(22-25(21-18)16-8-4-5-9-17(16)26(29)30)24-12-10-23(11-13-24)14-15-6-2-1-3-7-15/h1-9H,10-14H2,(H,27,28). The van der Waals surface area contributed by atoms with E-state index < -0.39 is 10.9 Å². The van der Waals surface area contributed by atoms with Gasteiger partial charge in [-0.1, -0.05) is 42.5 Å². The molecule has 1 N–H and O–H groups in total. The van der Waals surface area contributed by atoms with Crippen LogP contribution in [0.1, 0.15) is 16.1 Å². The highest BCUT2D eigenvalue weighted by molar-refractivity contribution is 5.91. The Morgan fingerprint density at radius 1 is 1.00 bits per heavy atom. The number of hydrogen-bond acceptors (Lipinski definition) is 7. The molecule has 1 fully saturated rings. The molecular formula is C20H20N6O4. The molecule has 3 aromatic rings. The summed E-state index contributed by atoms with van der Waals surface area (Å²) >= 11 is 0. The lowest BCUT2D eigenvalue weighted by molar-refractivity contribution is -0.384. The Morgan fingerprint density at radius 2 is 1.67 bits per heavy atom. The van der Waals surface area contributed by atoms with Crippen molar-refractivity contribution < 1.29 is 14.8 Å². The van der Waals surface area contributed by atoms with E-state index >= 15 is 0 Å². The first-order valence-electron chi connectivity index (χ1n) is 9.48. The van der Waals surface area contributed by atoms with Gasteiger partial charge in [0.1, 0.15) is 0 Å². The first kappa shape index (κ1) is 19.5. The minimum atomic E-state index is -1.22. The van der Waals surface area contributed by atoms with Crippen LogP contribution in [0.25, 0.3) is 5.69 Å². The first-order chi connectivity index (χ1) is 14.5. The number of carbonyl (C=O) groups is 1. The number of benzene rings is 2. The number of aromatic carboxylic acids is 1. The summed E-state index contributed by atoms with van der Waals surface area (Å²) < 4.78 is 0. The van der Waals surface area contributed by atoms with Crippen molar-refractivity contribution >= 4 is 17.5 Å². The van der Waals surface area contributed by atoms with Gasteiger partial charge in [-0.25, -0.2) is 4.79 Å². The molecule has 2 heterocycles. The normalized spacial score (nSPS) is 14.6. The molecule has 0 spiro atoms. The van der Waals surface area contributed by atoms with Gasteiger partial charge in [0.05, 0.1) is 4.92 Å². The maximum Gasteiger partial charge on any atom is 0.360 e. The summed E-state index contributed by atoms with van der Waals surface area (Å²) in [4.78, 5) is 27.7. The van der Waals surface area contributed by atoms with Crippen molar-refractivity contribution in [3.05, 3.63) is 76.0 Å². The fourth-order valence-electron chi connectivity index (χ4n) is 3.51. The SMILES string of the molecule is O=C(O)c1nn(-c2ccccc2[N+](=O)[O-])nc1N1CCN(Cc2ccccc2)CC1. The summed E-state index contributed by atoms with van der Waals surface area (Å²) in [6.45, 7) is 3.48. The lowest BCUT2D eigenvalue weighted by Crippen LogP contribution is -2.46. The molecule has 1 aliphatic heterocycles. The highest BCUT2D eigenvalue weighted by Gasteiger charge is 2.28. The number of para-hydroxylation sites is 2. The minimum absolute atomic E-state index is 0.124. The Bertz CT molecular complexity index is 1060. The quantitative estimate of drug-likeness (QED) is 0.487. The second-order valence-corrected chi connectivity index (χ2v) is 6.96. The number of aromatic nitrogens is 3. The van der Waals surface area contributed by atoms with Crippen molar-refractivity contribution in [2.75, 3.05) is 31.1 Å². The van der Waals surface area contributed by atoms with Gasteiger partial charge in [-0.3, -0.25) is 15.0 Å². The molecule has 30 heavy (non-hydrogen) atoms. The van der Waals surface area contributed by atoms with Crippen molar-refractivity contribution in [3.8, 4) is 5.69 Å².